The molecule has 0 saturated carbocycles. The summed E-state index contributed by atoms with van der Waals surface area (Å²) in [7, 11) is 0. The summed E-state index contributed by atoms with van der Waals surface area (Å²) < 4.78 is 0. The van der Waals surface area contributed by atoms with Gasteiger partial charge < -0.3 is 4.90 Å². The molecule has 0 N–H and O–H groups in total. The fourth-order valence-electron chi connectivity index (χ4n) is 2.74. The van der Waals surface area contributed by atoms with Gasteiger partial charge in [0.15, 0.2) is 5.16 Å². The molecule has 0 bridgehead atoms. The maximum atomic E-state index is 4.56. The Labute approximate surface area is 141 Å². The summed E-state index contributed by atoms with van der Waals surface area (Å²) in [5.74, 6) is 0.856. The standard InChI is InChI=1S/C16H22N6S/c1-12-8-13(2)20-15(19-12)22-6-4-21(5-7-22)11-14-9-17-16(23-3)18-10-14/h8-10H,4-7,11H2,1-3H3. The van der Waals surface area contributed by atoms with E-state index in [9.17, 15) is 0 Å². The summed E-state index contributed by atoms with van der Waals surface area (Å²) >= 11 is 1.57. The highest BCUT2D eigenvalue weighted by molar-refractivity contribution is 7.98. The van der Waals surface area contributed by atoms with Crippen LogP contribution in [-0.2, 0) is 6.54 Å². The van der Waals surface area contributed by atoms with Crippen LogP contribution in [0.1, 0.15) is 17.0 Å². The zero-order chi connectivity index (χ0) is 16.2. The number of hydrogen-bond donors (Lipinski definition) is 0. The fraction of sp³-hybridized carbons (Fsp3) is 0.500. The number of nitrogens with zero attached hydrogens (tertiary/aromatic N) is 6. The number of hydrogen-bond acceptors (Lipinski definition) is 7. The number of aromatic nitrogens is 4. The minimum atomic E-state index is 0.825. The van der Waals surface area contributed by atoms with Crippen molar-refractivity contribution in [2.24, 2.45) is 0 Å². The maximum Gasteiger partial charge on any atom is 0.225 e. The molecule has 2 aromatic rings. The van der Waals surface area contributed by atoms with Crippen LogP contribution in [0.3, 0.4) is 0 Å². The van der Waals surface area contributed by atoms with Gasteiger partial charge in [-0.1, -0.05) is 11.8 Å². The van der Waals surface area contributed by atoms with E-state index in [2.05, 4.69) is 29.7 Å². The highest BCUT2D eigenvalue weighted by Gasteiger charge is 2.19. The quantitative estimate of drug-likeness (QED) is 0.627. The van der Waals surface area contributed by atoms with E-state index < -0.39 is 0 Å². The lowest BCUT2D eigenvalue weighted by Crippen LogP contribution is -2.46. The van der Waals surface area contributed by atoms with Gasteiger partial charge in [0.2, 0.25) is 5.95 Å². The van der Waals surface area contributed by atoms with Crippen molar-refractivity contribution < 1.29 is 0 Å². The summed E-state index contributed by atoms with van der Waals surface area (Å²) in [6.45, 7) is 8.84. The van der Waals surface area contributed by atoms with E-state index in [0.717, 1.165) is 55.2 Å². The largest absolute Gasteiger partial charge is 0.338 e. The molecule has 1 aliphatic rings. The molecule has 1 fully saturated rings. The summed E-state index contributed by atoms with van der Waals surface area (Å²) in [6, 6.07) is 2.01. The van der Waals surface area contributed by atoms with E-state index in [1.165, 1.54) is 5.56 Å². The van der Waals surface area contributed by atoms with Crippen LogP contribution in [0, 0.1) is 13.8 Å². The van der Waals surface area contributed by atoms with Crippen LogP contribution in [0.15, 0.2) is 23.6 Å². The summed E-state index contributed by atoms with van der Waals surface area (Å²) in [5.41, 5.74) is 3.22. The van der Waals surface area contributed by atoms with Gasteiger partial charge in [-0.15, -0.1) is 0 Å². The SMILES string of the molecule is CSc1ncc(CN2CCN(c3nc(C)cc(C)n3)CC2)cn1. The van der Waals surface area contributed by atoms with Crippen LogP contribution in [0.25, 0.3) is 0 Å². The van der Waals surface area contributed by atoms with Crippen molar-refractivity contribution in [3.8, 4) is 0 Å². The molecular formula is C16H22N6S. The third-order valence-electron chi connectivity index (χ3n) is 3.90. The van der Waals surface area contributed by atoms with Crippen LogP contribution < -0.4 is 4.90 Å². The number of anilines is 1. The monoisotopic (exact) mass is 330 g/mol. The van der Waals surface area contributed by atoms with Gasteiger partial charge in [0, 0.05) is 62.1 Å². The van der Waals surface area contributed by atoms with E-state index in [1.807, 2.05) is 38.6 Å². The fourth-order valence-corrected chi connectivity index (χ4v) is 3.06. The molecule has 0 atom stereocenters. The van der Waals surface area contributed by atoms with E-state index in [4.69, 9.17) is 0 Å². The number of piperazine rings is 1. The molecule has 3 rings (SSSR count). The van der Waals surface area contributed by atoms with Gasteiger partial charge >= 0.3 is 0 Å². The van der Waals surface area contributed by atoms with Gasteiger partial charge in [-0.25, -0.2) is 19.9 Å². The van der Waals surface area contributed by atoms with E-state index in [1.54, 1.807) is 11.8 Å². The van der Waals surface area contributed by atoms with Crippen LogP contribution in [0.4, 0.5) is 5.95 Å². The maximum absolute atomic E-state index is 4.56. The molecule has 23 heavy (non-hydrogen) atoms. The first-order valence-electron chi connectivity index (χ1n) is 7.78. The first kappa shape index (κ1) is 16.1. The molecule has 0 aliphatic carbocycles. The van der Waals surface area contributed by atoms with Crippen LogP contribution >= 0.6 is 11.8 Å². The number of rotatable bonds is 4. The lowest BCUT2D eigenvalue weighted by atomic mass is 10.2. The van der Waals surface area contributed by atoms with Crippen molar-refractivity contribution in [3.05, 3.63) is 35.4 Å². The van der Waals surface area contributed by atoms with Gasteiger partial charge in [-0.3, -0.25) is 4.90 Å². The van der Waals surface area contributed by atoms with Crippen LogP contribution in [-0.4, -0.2) is 57.3 Å². The molecule has 0 spiro atoms. The highest BCUT2D eigenvalue weighted by atomic mass is 32.2. The normalized spacial score (nSPS) is 15.9. The minimum absolute atomic E-state index is 0.825. The van der Waals surface area contributed by atoms with Crippen molar-refractivity contribution in [1.29, 1.82) is 0 Å². The summed E-state index contributed by atoms with van der Waals surface area (Å²) in [6.07, 6.45) is 5.85. The Morgan fingerprint density at radius 1 is 1.00 bits per heavy atom. The zero-order valence-corrected chi connectivity index (χ0v) is 14.7. The van der Waals surface area contributed by atoms with Crippen molar-refractivity contribution in [2.45, 2.75) is 25.5 Å². The lowest BCUT2D eigenvalue weighted by molar-refractivity contribution is 0.248. The molecule has 3 heterocycles. The van der Waals surface area contributed by atoms with E-state index in [-0.39, 0.29) is 0 Å². The highest BCUT2D eigenvalue weighted by Crippen LogP contribution is 2.15. The van der Waals surface area contributed by atoms with Crippen molar-refractivity contribution >= 4 is 17.7 Å². The molecular weight excluding hydrogens is 308 g/mol. The topological polar surface area (TPSA) is 58.0 Å². The molecule has 6 nitrogen and oxygen atoms in total. The molecule has 0 aromatic carbocycles. The first-order valence-corrected chi connectivity index (χ1v) is 9.01. The zero-order valence-electron chi connectivity index (χ0n) is 13.9. The summed E-state index contributed by atoms with van der Waals surface area (Å²) in [4.78, 5) is 22.5. The summed E-state index contributed by atoms with van der Waals surface area (Å²) in [5, 5.41) is 0.825. The molecule has 2 aromatic heterocycles. The second-order valence-corrected chi connectivity index (χ2v) is 6.57. The lowest BCUT2D eigenvalue weighted by Gasteiger charge is -2.34. The van der Waals surface area contributed by atoms with Gasteiger partial charge in [-0.2, -0.15) is 0 Å². The Balaban J connectivity index is 1.57. The van der Waals surface area contributed by atoms with Gasteiger partial charge in [0.25, 0.3) is 0 Å². The van der Waals surface area contributed by atoms with Crippen molar-refractivity contribution in [2.75, 3.05) is 37.3 Å². The molecule has 0 radical (unpaired) electrons. The minimum Gasteiger partial charge on any atom is -0.338 e. The number of aryl methyl sites for hydroxylation is 2. The third kappa shape index (κ3) is 4.17. The molecule has 1 aliphatic heterocycles. The average Bonchev–Trinajstić information content (AvgIpc) is 2.55. The average molecular weight is 330 g/mol. The Hall–Kier alpha value is -1.73. The van der Waals surface area contributed by atoms with Gasteiger partial charge in [-0.05, 0) is 26.2 Å². The molecule has 0 unspecified atom stereocenters. The van der Waals surface area contributed by atoms with E-state index >= 15 is 0 Å². The predicted octanol–water partition coefficient (Wildman–Crippen LogP) is 1.93. The second kappa shape index (κ2) is 7.23. The smallest absolute Gasteiger partial charge is 0.225 e. The van der Waals surface area contributed by atoms with Gasteiger partial charge in [0.1, 0.15) is 0 Å². The Bertz CT molecular complexity index is 632. The predicted molar refractivity (Wildman–Crippen MR) is 92.8 cm³/mol. The first-order chi connectivity index (χ1) is 11.1. The molecule has 7 heteroatoms. The Morgan fingerprint density at radius 2 is 1.61 bits per heavy atom. The Morgan fingerprint density at radius 3 is 2.17 bits per heavy atom. The van der Waals surface area contributed by atoms with Crippen LogP contribution in [0.2, 0.25) is 0 Å². The van der Waals surface area contributed by atoms with Crippen molar-refractivity contribution in [1.82, 2.24) is 24.8 Å². The molecule has 1 saturated heterocycles. The molecule has 122 valence electrons. The number of thioether (sulfide) groups is 1. The van der Waals surface area contributed by atoms with Gasteiger partial charge in [0.05, 0.1) is 0 Å². The van der Waals surface area contributed by atoms with Crippen molar-refractivity contribution in [3.63, 3.8) is 0 Å². The van der Waals surface area contributed by atoms with E-state index in [0.29, 0.717) is 0 Å². The second-order valence-electron chi connectivity index (χ2n) is 5.79. The Kier molecular flexibility index (Phi) is 5.07. The third-order valence-corrected chi connectivity index (χ3v) is 4.47. The van der Waals surface area contributed by atoms with Crippen LogP contribution in [0.5, 0.6) is 0 Å². The molecule has 0 amide bonds.